The molecule has 0 N–H and O–H groups in total. The van der Waals surface area contributed by atoms with Crippen LogP contribution in [0.2, 0.25) is 0 Å². The fourth-order valence-corrected chi connectivity index (χ4v) is 2.74. The molecule has 0 saturated heterocycles. The Morgan fingerprint density at radius 1 is 1.00 bits per heavy atom. The lowest BCUT2D eigenvalue weighted by molar-refractivity contribution is -0.134. The molecule has 1 heterocycles. The first kappa shape index (κ1) is 19.1. The maximum Gasteiger partial charge on any atom is 0.344 e. The molecule has 0 aliphatic rings. The van der Waals surface area contributed by atoms with Crippen molar-refractivity contribution in [2.24, 2.45) is 0 Å². The highest BCUT2D eigenvalue weighted by atomic mass is 16.6. The maximum absolute atomic E-state index is 12.8. The molecule has 0 unspecified atom stereocenters. The van der Waals surface area contributed by atoms with E-state index < -0.39 is 11.9 Å². The number of fused-ring (bicyclic) bond motifs is 1. The Morgan fingerprint density at radius 2 is 1.79 bits per heavy atom. The third-order valence-corrected chi connectivity index (χ3v) is 4.07. The van der Waals surface area contributed by atoms with Gasteiger partial charge in [-0.25, -0.2) is 9.59 Å². The van der Waals surface area contributed by atoms with Crippen LogP contribution in [0.3, 0.4) is 0 Å². The van der Waals surface area contributed by atoms with Gasteiger partial charge in [0.05, 0.1) is 25.3 Å². The number of para-hydroxylation sites is 1. The average molecular weight is 377 g/mol. The molecule has 0 aliphatic carbocycles. The highest BCUT2D eigenvalue weighted by molar-refractivity contribution is 6.04. The van der Waals surface area contributed by atoms with Crippen LogP contribution in [0.4, 0.5) is 0 Å². The monoisotopic (exact) mass is 377 g/mol. The number of ether oxygens (including phenoxy) is 3. The first-order valence-corrected chi connectivity index (χ1v) is 8.54. The molecule has 6 heteroatoms. The third-order valence-electron chi connectivity index (χ3n) is 4.07. The van der Waals surface area contributed by atoms with E-state index in [1.807, 2.05) is 31.2 Å². The number of rotatable bonds is 5. The van der Waals surface area contributed by atoms with E-state index in [1.54, 1.807) is 30.3 Å². The van der Waals surface area contributed by atoms with Crippen LogP contribution in [0.5, 0.6) is 11.5 Å². The molecule has 0 aliphatic heterocycles. The zero-order chi connectivity index (χ0) is 20.1. The summed E-state index contributed by atoms with van der Waals surface area (Å²) < 4.78 is 15.5. The Labute approximate surface area is 162 Å². The van der Waals surface area contributed by atoms with Gasteiger partial charge < -0.3 is 14.2 Å². The van der Waals surface area contributed by atoms with E-state index in [0.717, 1.165) is 16.6 Å². The van der Waals surface area contributed by atoms with E-state index in [4.69, 9.17) is 9.47 Å². The van der Waals surface area contributed by atoms with E-state index in [9.17, 15) is 9.59 Å². The van der Waals surface area contributed by atoms with Gasteiger partial charge in [0.15, 0.2) is 11.5 Å². The number of aryl methyl sites for hydroxylation is 1. The Hall–Kier alpha value is -3.67. The largest absolute Gasteiger partial charge is 0.493 e. The molecule has 28 heavy (non-hydrogen) atoms. The number of carbonyl (C=O) groups is 2. The minimum Gasteiger partial charge on any atom is -0.493 e. The lowest BCUT2D eigenvalue weighted by atomic mass is 10.1. The maximum atomic E-state index is 12.8. The van der Waals surface area contributed by atoms with Crippen molar-refractivity contribution in [3.05, 3.63) is 71.4 Å². The zero-order valence-corrected chi connectivity index (χ0v) is 15.8. The first-order chi connectivity index (χ1) is 13.5. The molecule has 6 nitrogen and oxygen atoms in total. The lowest BCUT2D eigenvalue weighted by Gasteiger charge is -2.11. The van der Waals surface area contributed by atoms with Crippen molar-refractivity contribution in [1.82, 2.24) is 4.98 Å². The fraction of sp³-hybridized carbons (Fsp3) is 0.136. The molecule has 2 aromatic carbocycles. The van der Waals surface area contributed by atoms with Crippen LogP contribution >= 0.6 is 0 Å². The van der Waals surface area contributed by atoms with Crippen LogP contribution in [0.15, 0.2) is 54.6 Å². The van der Waals surface area contributed by atoms with Gasteiger partial charge in [0.2, 0.25) is 0 Å². The summed E-state index contributed by atoms with van der Waals surface area (Å²) in [5.41, 5.74) is 2.58. The second kappa shape index (κ2) is 8.35. The summed E-state index contributed by atoms with van der Waals surface area (Å²) in [4.78, 5) is 28.5. The smallest absolute Gasteiger partial charge is 0.344 e. The van der Waals surface area contributed by atoms with Gasteiger partial charge in [-0.05, 0) is 42.8 Å². The van der Waals surface area contributed by atoms with Gasteiger partial charge in [-0.2, -0.15) is 0 Å². The number of pyridine rings is 1. The predicted molar refractivity (Wildman–Crippen MR) is 105 cm³/mol. The van der Waals surface area contributed by atoms with Gasteiger partial charge in [0.1, 0.15) is 0 Å². The van der Waals surface area contributed by atoms with E-state index in [1.165, 1.54) is 20.3 Å². The van der Waals surface area contributed by atoms with Crippen LogP contribution in [0, 0.1) is 6.92 Å². The predicted octanol–water partition coefficient (Wildman–Crippen LogP) is 3.96. The van der Waals surface area contributed by atoms with Crippen LogP contribution in [-0.4, -0.2) is 31.1 Å². The molecule has 0 radical (unpaired) electrons. The molecule has 142 valence electrons. The van der Waals surface area contributed by atoms with E-state index in [-0.39, 0.29) is 5.75 Å². The fourth-order valence-electron chi connectivity index (χ4n) is 2.74. The number of methoxy groups -OCH3 is 2. The van der Waals surface area contributed by atoms with Crippen molar-refractivity contribution in [3.8, 4) is 11.5 Å². The average Bonchev–Trinajstić information content (AvgIpc) is 2.71. The molecular weight excluding hydrogens is 358 g/mol. The Morgan fingerprint density at radius 3 is 2.54 bits per heavy atom. The van der Waals surface area contributed by atoms with Crippen molar-refractivity contribution in [2.75, 3.05) is 14.2 Å². The topological polar surface area (TPSA) is 74.7 Å². The summed E-state index contributed by atoms with van der Waals surface area (Å²) in [7, 11) is 2.78. The van der Waals surface area contributed by atoms with Crippen LogP contribution in [0.1, 0.15) is 21.6 Å². The highest BCUT2D eigenvalue weighted by Crippen LogP contribution is 2.30. The van der Waals surface area contributed by atoms with Gasteiger partial charge in [-0.15, -0.1) is 0 Å². The second-order valence-electron chi connectivity index (χ2n) is 5.98. The van der Waals surface area contributed by atoms with Crippen molar-refractivity contribution >= 4 is 28.9 Å². The molecule has 0 atom stereocenters. The van der Waals surface area contributed by atoms with Gasteiger partial charge in [0, 0.05) is 17.2 Å². The van der Waals surface area contributed by atoms with Gasteiger partial charge in [0.25, 0.3) is 0 Å². The standard InChI is InChI=1S/C22H19NO5/c1-14-12-17(16-6-4-5-7-18(16)23-14)22(25)28-19-10-8-15(13-20(19)26-2)9-11-21(24)27-3/h4-13H,1-3H3/b11-9+. The van der Waals surface area contributed by atoms with Crippen LogP contribution < -0.4 is 9.47 Å². The van der Waals surface area contributed by atoms with Gasteiger partial charge in [-0.1, -0.05) is 24.3 Å². The molecule has 0 bridgehead atoms. The van der Waals surface area contributed by atoms with Gasteiger partial charge >= 0.3 is 11.9 Å². The molecule has 0 saturated carbocycles. The van der Waals surface area contributed by atoms with Crippen molar-refractivity contribution in [3.63, 3.8) is 0 Å². The SMILES string of the molecule is COC(=O)/C=C/c1ccc(OC(=O)c2cc(C)nc3ccccc23)c(OC)c1. The quantitative estimate of drug-likeness (QED) is 0.381. The minimum atomic E-state index is -0.502. The normalized spacial score (nSPS) is 10.8. The molecule has 1 aromatic heterocycles. The summed E-state index contributed by atoms with van der Waals surface area (Å²) in [5.74, 6) is -0.316. The molecule has 0 amide bonds. The number of hydrogen-bond acceptors (Lipinski definition) is 6. The molecule has 0 fully saturated rings. The van der Waals surface area contributed by atoms with Crippen molar-refractivity contribution in [2.45, 2.75) is 6.92 Å². The van der Waals surface area contributed by atoms with Crippen molar-refractivity contribution < 1.29 is 23.8 Å². The number of hydrogen-bond donors (Lipinski definition) is 0. The number of carbonyl (C=O) groups excluding carboxylic acids is 2. The molecule has 0 spiro atoms. The zero-order valence-electron chi connectivity index (χ0n) is 15.8. The van der Waals surface area contributed by atoms with E-state index in [2.05, 4.69) is 9.72 Å². The second-order valence-corrected chi connectivity index (χ2v) is 5.98. The summed E-state index contributed by atoms with van der Waals surface area (Å²) in [6, 6.07) is 14.1. The summed E-state index contributed by atoms with van der Waals surface area (Å²) in [6.07, 6.45) is 2.88. The third kappa shape index (κ3) is 4.17. The molecular formula is C22H19NO5. The summed E-state index contributed by atoms with van der Waals surface area (Å²) >= 11 is 0. The Kier molecular flexibility index (Phi) is 5.69. The van der Waals surface area contributed by atoms with E-state index in [0.29, 0.717) is 16.9 Å². The summed E-state index contributed by atoms with van der Waals surface area (Å²) in [6.45, 7) is 1.83. The lowest BCUT2D eigenvalue weighted by Crippen LogP contribution is -2.11. The van der Waals surface area contributed by atoms with Crippen molar-refractivity contribution in [1.29, 1.82) is 0 Å². The summed E-state index contributed by atoms with van der Waals surface area (Å²) in [5, 5.41) is 0.717. The van der Waals surface area contributed by atoms with Crippen LogP contribution in [0.25, 0.3) is 17.0 Å². The number of aromatic nitrogens is 1. The van der Waals surface area contributed by atoms with E-state index >= 15 is 0 Å². The minimum absolute atomic E-state index is 0.279. The number of nitrogens with zero attached hydrogens (tertiary/aromatic N) is 1. The van der Waals surface area contributed by atoms with Gasteiger partial charge in [-0.3, -0.25) is 4.98 Å². The highest BCUT2D eigenvalue weighted by Gasteiger charge is 2.16. The molecule has 3 rings (SSSR count). The number of benzene rings is 2. The first-order valence-electron chi connectivity index (χ1n) is 8.54. The molecule has 3 aromatic rings. The Bertz CT molecular complexity index is 1070. The van der Waals surface area contributed by atoms with Crippen LogP contribution in [-0.2, 0) is 9.53 Å². The number of esters is 2. The Balaban J connectivity index is 1.90.